The molecule has 3 amide bonds. The van der Waals surface area contributed by atoms with E-state index in [1.807, 2.05) is 12.3 Å². The summed E-state index contributed by atoms with van der Waals surface area (Å²) >= 11 is 1.44. The molecule has 0 saturated carbocycles. The third kappa shape index (κ3) is 8.55. The normalized spacial score (nSPS) is 17.8. The first-order chi connectivity index (χ1) is 16.6. The molecule has 1 fully saturated rings. The number of amides is 3. The zero-order valence-electron chi connectivity index (χ0n) is 19.5. The summed E-state index contributed by atoms with van der Waals surface area (Å²) in [6.45, 7) is 0.255. The van der Waals surface area contributed by atoms with Crippen LogP contribution in [0.1, 0.15) is 31.2 Å². The molecule has 0 aliphatic carbocycles. The number of carbonyl (C=O) groups excluding carboxylic acids is 3. The second-order valence-electron chi connectivity index (χ2n) is 8.33. The molecule has 1 aliphatic rings. The molecule has 1 aliphatic heterocycles. The van der Waals surface area contributed by atoms with Crippen LogP contribution in [0.5, 0.6) is 0 Å². The lowest BCUT2D eigenvalue weighted by Gasteiger charge is -2.28. The smallest absolute Gasteiger partial charge is 0.326 e. The molecule has 35 heavy (non-hydrogen) atoms. The molecule has 0 radical (unpaired) electrons. The predicted octanol–water partition coefficient (Wildman–Crippen LogP) is -0.171. The Morgan fingerprint density at radius 3 is 2.34 bits per heavy atom. The van der Waals surface area contributed by atoms with Gasteiger partial charge in [-0.05, 0) is 43.3 Å². The van der Waals surface area contributed by atoms with E-state index in [0.29, 0.717) is 18.6 Å². The lowest BCUT2D eigenvalue weighted by molar-refractivity contribution is -0.149. The number of hydrogen-bond acceptors (Lipinski definition) is 7. The Balaban J connectivity index is 2.11. The zero-order chi connectivity index (χ0) is 26.0. The number of carbonyl (C=O) groups is 5. The van der Waals surface area contributed by atoms with E-state index in [1.165, 1.54) is 16.7 Å². The van der Waals surface area contributed by atoms with Crippen molar-refractivity contribution in [2.75, 3.05) is 18.6 Å². The van der Waals surface area contributed by atoms with Crippen molar-refractivity contribution < 1.29 is 34.2 Å². The first kappa shape index (κ1) is 28.1. The van der Waals surface area contributed by atoms with E-state index in [1.54, 1.807) is 24.3 Å². The maximum absolute atomic E-state index is 13.1. The molecule has 6 N–H and O–H groups in total. The number of rotatable bonds is 13. The lowest BCUT2D eigenvalue weighted by Crippen LogP contribution is -2.57. The van der Waals surface area contributed by atoms with E-state index >= 15 is 0 Å². The highest BCUT2D eigenvalue weighted by Gasteiger charge is 2.38. The van der Waals surface area contributed by atoms with Gasteiger partial charge in [-0.25, -0.2) is 4.79 Å². The zero-order valence-corrected chi connectivity index (χ0v) is 20.3. The van der Waals surface area contributed by atoms with Gasteiger partial charge in [0.1, 0.15) is 18.1 Å². The highest BCUT2D eigenvalue weighted by atomic mass is 32.2. The van der Waals surface area contributed by atoms with Crippen LogP contribution in [-0.2, 0) is 30.4 Å². The highest BCUT2D eigenvalue weighted by Crippen LogP contribution is 2.20. The minimum atomic E-state index is -1.46. The second kappa shape index (κ2) is 13.7. The van der Waals surface area contributed by atoms with Crippen molar-refractivity contribution in [1.29, 1.82) is 0 Å². The molecule has 0 spiro atoms. The van der Waals surface area contributed by atoms with Crippen LogP contribution in [0.15, 0.2) is 30.3 Å². The van der Waals surface area contributed by atoms with Crippen molar-refractivity contribution in [3.05, 3.63) is 35.9 Å². The van der Waals surface area contributed by atoms with Gasteiger partial charge in [-0.1, -0.05) is 30.3 Å². The van der Waals surface area contributed by atoms with Crippen molar-refractivity contribution in [3.63, 3.8) is 0 Å². The number of nitrogens with one attached hydrogen (secondary N) is 2. The first-order valence-electron chi connectivity index (χ1n) is 11.3. The Hall–Kier alpha value is -3.12. The van der Waals surface area contributed by atoms with Gasteiger partial charge < -0.3 is 31.5 Å². The number of carboxylic acid groups (broad SMARTS) is 2. The average Bonchev–Trinajstić information content (AvgIpc) is 3.31. The molecule has 0 bridgehead atoms. The van der Waals surface area contributed by atoms with Crippen molar-refractivity contribution >= 4 is 41.4 Å². The van der Waals surface area contributed by atoms with Gasteiger partial charge in [-0.3, -0.25) is 19.2 Å². The Labute approximate surface area is 207 Å². The quantitative estimate of drug-likeness (QED) is 0.242. The van der Waals surface area contributed by atoms with Crippen LogP contribution in [0.25, 0.3) is 0 Å². The summed E-state index contributed by atoms with van der Waals surface area (Å²) < 4.78 is 0. The summed E-state index contributed by atoms with van der Waals surface area (Å²) in [5.74, 6) is -4.03. The number of thioether (sulfide) groups is 1. The van der Waals surface area contributed by atoms with Gasteiger partial charge in [0.2, 0.25) is 17.7 Å². The fourth-order valence-corrected chi connectivity index (χ4v) is 4.35. The fraction of sp³-hybridized carbons (Fsp3) is 0.522. The van der Waals surface area contributed by atoms with Crippen LogP contribution in [0.2, 0.25) is 0 Å². The number of benzene rings is 1. The van der Waals surface area contributed by atoms with E-state index in [0.717, 1.165) is 5.56 Å². The topological polar surface area (TPSA) is 179 Å². The van der Waals surface area contributed by atoms with Crippen molar-refractivity contribution in [2.45, 2.75) is 56.3 Å². The molecule has 2 rings (SSSR count). The number of nitrogens with two attached hydrogens (primary N) is 1. The molecule has 12 heteroatoms. The third-order valence-electron chi connectivity index (χ3n) is 5.69. The summed E-state index contributed by atoms with van der Waals surface area (Å²) in [6.07, 6.45) is 2.37. The maximum Gasteiger partial charge on any atom is 0.326 e. The van der Waals surface area contributed by atoms with E-state index in [4.69, 9.17) is 5.73 Å². The monoisotopic (exact) mass is 508 g/mol. The fourth-order valence-electron chi connectivity index (χ4n) is 3.88. The Bertz CT molecular complexity index is 914. The van der Waals surface area contributed by atoms with Gasteiger partial charge in [-0.2, -0.15) is 11.8 Å². The maximum atomic E-state index is 13.1. The molecule has 4 atom stereocenters. The van der Waals surface area contributed by atoms with Gasteiger partial charge >= 0.3 is 11.9 Å². The third-order valence-corrected chi connectivity index (χ3v) is 6.34. The van der Waals surface area contributed by atoms with Gasteiger partial charge in [0.05, 0.1) is 12.5 Å². The predicted molar refractivity (Wildman–Crippen MR) is 130 cm³/mol. The van der Waals surface area contributed by atoms with Crippen LogP contribution in [-0.4, -0.2) is 87.5 Å². The molecule has 192 valence electrons. The van der Waals surface area contributed by atoms with E-state index < -0.39 is 60.2 Å². The summed E-state index contributed by atoms with van der Waals surface area (Å²) in [6, 6.07) is 4.49. The number of carboxylic acids is 2. The Morgan fingerprint density at radius 2 is 1.74 bits per heavy atom. The van der Waals surface area contributed by atoms with Gasteiger partial charge in [0.15, 0.2) is 0 Å². The SMILES string of the molecule is CSCCC(NC(=O)C(CC(=O)O)NC(=O)C(N)Cc1ccccc1)C(=O)N1CCCC1C(=O)O. The largest absolute Gasteiger partial charge is 0.481 e. The molecule has 11 nitrogen and oxygen atoms in total. The van der Waals surface area contributed by atoms with Gasteiger partial charge in [-0.15, -0.1) is 0 Å². The standard InChI is InChI=1S/C23H32N4O7S/c1-35-11-9-16(22(32)27-10-5-8-18(27)23(33)34)25-21(31)17(13-19(28)29)26-20(30)15(24)12-14-6-3-2-4-7-14/h2-4,6-7,15-18H,5,8-13,24H2,1H3,(H,25,31)(H,26,30)(H,28,29)(H,33,34). The minimum Gasteiger partial charge on any atom is -0.481 e. The highest BCUT2D eigenvalue weighted by molar-refractivity contribution is 7.98. The Morgan fingerprint density at radius 1 is 1.09 bits per heavy atom. The first-order valence-corrected chi connectivity index (χ1v) is 12.7. The number of nitrogens with zero attached hydrogens (tertiary/aromatic N) is 1. The average molecular weight is 509 g/mol. The van der Waals surface area contributed by atoms with Crippen LogP contribution in [0.4, 0.5) is 0 Å². The van der Waals surface area contributed by atoms with Gasteiger partial charge in [0, 0.05) is 6.54 Å². The van der Waals surface area contributed by atoms with Crippen molar-refractivity contribution in [3.8, 4) is 0 Å². The summed E-state index contributed by atoms with van der Waals surface area (Å²) in [5.41, 5.74) is 6.76. The molecule has 1 saturated heterocycles. The number of hydrogen-bond donors (Lipinski definition) is 5. The minimum absolute atomic E-state index is 0.189. The molecule has 1 aromatic carbocycles. The van der Waals surface area contributed by atoms with Crippen LogP contribution in [0, 0.1) is 0 Å². The van der Waals surface area contributed by atoms with E-state index in [-0.39, 0.29) is 19.4 Å². The molecule has 4 unspecified atom stereocenters. The van der Waals surface area contributed by atoms with Crippen LogP contribution in [0.3, 0.4) is 0 Å². The number of aliphatic carboxylic acids is 2. The summed E-state index contributed by atoms with van der Waals surface area (Å²) in [4.78, 5) is 62.8. The van der Waals surface area contributed by atoms with Crippen LogP contribution < -0.4 is 16.4 Å². The molecule has 0 aromatic heterocycles. The van der Waals surface area contributed by atoms with Crippen LogP contribution >= 0.6 is 11.8 Å². The molecule has 1 heterocycles. The summed E-state index contributed by atoms with van der Waals surface area (Å²) in [5, 5.41) is 23.6. The number of likely N-dealkylation sites (tertiary alicyclic amines) is 1. The Kier molecular flexibility index (Phi) is 11.0. The summed E-state index contributed by atoms with van der Waals surface area (Å²) in [7, 11) is 0. The lowest BCUT2D eigenvalue weighted by atomic mass is 10.0. The second-order valence-corrected chi connectivity index (χ2v) is 9.31. The molecular formula is C23H32N4O7S. The van der Waals surface area contributed by atoms with Crippen molar-refractivity contribution in [1.82, 2.24) is 15.5 Å². The van der Waals surface area contributed by atoms with E-state index in [2.05, 4.69) is 10.6 Å². The van der Waals surface area contributed by atoms with E-state index in [9.17, 15) is 34.2 Å². The van der Waals surface area contributed by atoms with Crippen molar-refractivity contribution in [2.24, 2.45) is 5.73 Å². The molecule has 1 aromatic rings. The van der Waals surface area contributed by atoms with Gasteiger partial charge in [0.25, 0.3) is 0 Å². The molecular weight excluding hydrogens is 476 g/mol.